The molecule has 1 rings (SSSR count). The maximum atomic E-state index is 12.6. The molecule has 2 unspecified atom stereocenters. The predicted molar refractivity (Wildman–Crippen MR) is 111 cm³/mol. The molecule has 162 valence electrons. The van der Waals surface area contributed by atoms with Gasteiger partial charge in [0, 0.05) is 6.04 Å². The van der Waals surface area contributed by atoms with Crippen LogP contribution in [0.1, 0.15) is 52.1 Å². The second-order valence-corrected chi connectivity index (χ2v) is 8.03. The Hall–Kier alpha value is -2.45. The molecule has 0 heterocycles. The zero-order valence-electron chi connectivity index (χ0n) is 17.6. The first-order valence-electron chi connectivity index (χ1n) is 9.90. The Morgan fingerprint density at radius 2 is 1.52 bits per heavy atom. The molecule has 0 radical (unpaired) electrons. The van der Waals surface area contributed by atoms with Gasteiger partial charge in [-0.15, -0.1) is 0 Å². The summed E-state index contributed by atoms with van der Waals surface area (Å²) in [4.78, 5) is 36.5. The predicted octanol–water partition coefficient (Wildman–Crippen LogP) is 0.594. The molecule has 3 amide bonds. The molecule has 0 aromatic heterocycles. The summed E-state index contributed by atoms with van der Waals surface area (Å²) in [5.41, 5.74) is 12.3. The van der Waals surface area contributed by atoms with Crippen LogP contribution in [0.4, 0.5) is 0 Å². The van der Waals surface area contributed by atoms with Crippen molar-refractivity contribution in [2.75, 3.05) is 0 Å². The van der Waals surface area contributed by atoms with Crippen molar-refractivity contribution in [3.63, 3.8) is 0 Å². The van der Waals surface area contributed by atoms with Gasteiger partial charge in [0.2, 0.25) is 17.7 Å². The molecule has 29 heavy (non-hydrogen) atoms. The molecule has 7 N–H and O–H groups in total. The summed E-state index contributed by atoms with van der Waals surface area (Å²) in [5, 5.41) is 15.5. The summed E-state index contributed by atoms with van der Waals surface area (Å²) >= 11 is 0. The van der Waals surface area contributed by atoms with Crippen LogP contribution in [-0.2, 0) is 14.4 Å². The number of hydrogen-bond donors (Lipinski definition) is 5. The van der Waals surface area contributed by atoms with Crippen LogP contribution >= 0.6 is 0 Å². The minimum Gasteiger partial charge on any atom is -0.393 e. The first-order valence-corrected chi connectivity index (χ1v) is 9.90. The van der Waals surface area contributed by atoms with Crippen LogP contribution in [0, 0.1) is 11.8 Å². The van der Waals surface area contributed by atoms with E-state index in [0.29, 0.717) is 0 Å². The van der Waals surface area contributed by atoms with Crippen molar-refractivity contribution in [3.8, 4) is 0 Å². The van der Waals surface area contributed by atoms with E-state index in [2.05, 4.69) is 10.6 Å². The van der Waals surface area contributed by atoms with Gasteiger partial charge in [-0.3, -0.25) is 14.4 Å². The molecule has 8 nitrogen and oxygen atoms in total. The maximum Gasteiger partial charge on any atom is 0.243 e. The van der Waals surface area contributed by atoms with Gasteiger partial charge < -0.3 is 27.2 Å². The third-order valence-corrected chi connectivity index (χ3v) is 4.71. The number of primary amides is 1. The number of aliphatic hydroxyl groups excluding tert-OH is 1. The van der Waals surface area contributed by atoms with E-state index in [9.17, 15) is 19.5 Å². The Kier molecular flexibility index (Phi) is 9.77. The zero-order chi connectivity index (χ0) is 22.1. The quantitative estimate of drug-likeness (QED) is 0.365. The fraction of sp³-hybridized carbons (Fsp3) is 0.571. The van der Waals surface area contributed by atoms with E-state index in [4.69, 9.17) is 11.5 Å². The van der Waals surface area contributed by atoms with E-state index in [-0.39, 0.29) is 24.7 Å². The number of benzene rings is 1. The van der Waals surface area contributed by atoms with Gasteiger partial charge in [0.25, 0.3) is 0 Å². The summed E-state index contributed by atoms with van der Waals surface area (Å²) in [5.74, 6) is -1.98. The van der Waals surface area contributed by atoms with E-state index in [0.717, 1.165) is 5.56 Å². The van der Waals surface area contributed by atoms with Gasteiger partial charge in [0.05, 0.1) is 12.5 Å². The van der Waals surface area contributed by atoms with Gasteiger partial charge in [-0.2, -0.15) is 0 Å². The summed E-state index contributed by atoms with van der Waals surface area (Å²) in [6.07, 6.45) is -0.914. The van der Waals surface area contributed by atoms with Crippen LogP contribution in [-0.4, -0.2) is 41.0 Å². The van der Waals surface area contributed by atoms with Crippen LogP contribution in [0.3, 0.4) is 0 Å². The SMILES string of the molecule is CC(C)[C@H](NC(=O)[C@@H](NC(=O)CC(O)CC(N)c1ccccc1)C(C)C)C(N)=O. The van der Waals surface area contributed by atoms with Gasteiger partial charge in [0.15, 0.2) is 0 Å². The number of carbonyl (C=O) groups excluding carboxylic acids is 3. The van der Waals surface area contributed by atoms with Crippen molar-refractivity contribution in [2.45, 2.75) is 64.8 Å². The van der Waals surface area contributed by atoms with Crippen LogP contribution in [0.2, 0.25) is 0 Å². The highest BCUT2D eigenvalue weighted by molar-refractivity contribution is 5.91. The highest BCUT2D eigenvalue weighted by atomic mass is 16.3. The van der Waals surface area contributed by atoms with Crippen molar-refractivity contribution in [1.82, 2.24) is 10.6 Å². The van der Waals surface area contributed by atoms with Gasteiger partial charge in [-0.25, -0.2) is 0 Å². The van der Waals surface area contributed by atoms with Crippen LogP contribution in [0.25, 0.3) is 0 Å². The fourth-order valence-corrected chi connectivity index (χ4v) is 3.00. The molecule has 0 saturated heterocycles. The lowest BCUT2D eigenvalue weighted by atomic mass is 9.98. The van der Waals surface area contributed by atoms with Crippen LogP contribution in [0.5, 0.6) is 0 Å². The number of hydrogen-bond acceptors (Lipinski definition) is 5. The number of nitrogens with one attached hydrogen (secondary N) is 2. The Balaban J connectivity index is 2.65. The van der Waals surface area contributed by atoms with Gasteiger partial charge in [-0.05, 0) is 23.8 Å². The number of carbonyl (C=O) groups is 3. The average Bonchev–Trinajstić information content (AvgIpc) is 2.63. The van der Waals surface area contributed by atoms with Gasteiger partial charge in [-0.1, -0.05) is 58.0 Å². The molecule has 0 saturated carbocycles. The highest BCUT2D eigenvalue weighted by Gasteiger charge is 2.29. The first-order chi connectivity index (χ1) is 13.5. The normalized spacial score (nSPS) is 15.4. The summed E-state index contributed by atoms with van der Waals surface area (Å²) in [7, 11) is 0. The number of amides is 3. The Morgan fingerprint density at radius 3 is 2.00 bits per heavy atom. The number of aliphatic hydroxyl groups is 1. The average molecular weight is 407 g/mol. The van der Waals surface area contributed by atoms with E-state index < -0.39 is 42.0 Å². The summed E-state index contributed by atoms with van der Waals surface area (Å²) in [6, 6.07) is 7.24. The first kappa shape index (κ1) is 24.6. The maximum absolute atomic E-state index is 12.6. The number of nitrogens with two attached hydrogens (primary N) is 2. The third-order valence-electron chi connectivity index (χ3n) is 4.71. The molecule has 0 aliphatic heterocycles. The molecule has 8 heteroatoms. The molecule has 1 aromatic rings. The summed E-state index contributed by atoms with van der Waals surface area (Å²) in [6.45, 7) is 7.10. The highest BCUT2D eigenvalue weighted by Crippen LogP contribution is 2.17. The molecule has 0 spiro atoms. The third kappa shape index (κ3) is 8.21. The molecule has 0 aliphatic carbocycles. The summed E-state index contributed by atoms with van der Waals surface area (Å²) < 4.78 is 0. The molecular weight excluding hydrogens is 372 g/mol. The molecule has 0 bridgehead atoms. The second-order valence-electron chi connectivity index (χ2n) is 8.03. The molecular formula is C21H34N4O4. The molecule has 0 fully saturated rings. The van der Waals surface area contributed by atoms with Gasteiger partial charge >= 0.3 is 0 Å². The minimum atomic E-state index is -0.949. The van der Waals surface area contributed by atoms with E-state index in [1.807, 2.05) is 30.3 Å². The van der Waals surface area contributed by atoms with E-state index >= 15 is 0 Å². The van der Waals surface area contributed by atoms with Crippen molar-refractivity contribution in [1.29, 1.82) is 0 Å². The Labute approximate surface area is 172 Å². The monoisotopic (exact) mass is 406 g/mol. The molecule has 0 aliphatic rings. The van der Waals surface area contributed by atoms with Crippen molar-refractivity contribution in [2.24, 2.45) is 23.3 Å². The van der Waals surface area contributed by atoms with E-state index in [1.54, 1.807) is 27.7 Å². The fourth-order valence-electron chi connectivity index (χ4n) is 3.00. The van der Waals surface area contributed by atoms with E-state index in [1.165, 1.54) is 0 Å². The van der Waals surface area contributed by atoms with Crippen molar-refractivity contribution in [3.05, 3.63) is 35.9 Å². The number of rotatable bonds is 11. The second kappa shape index (κ2) is 11.5. The lowest BCUT2D eigenvalue weighted by Gasteiger charge is -2.26. The largest absolute Gasteiger partial charge is 0.393 e. The van der Waals surface area contributed by atoms with Crippen molar-refractivity contribution < 1.29 is 19.5 Å². The Morgan fingerprint density at radius 1 is 0.966 bits per heavy atom. The van der Waals surface area contributed by atoms with Crippen LogP contribution in [0.15, 0.2) is 30.3 Å². The topological polar surface area (TPSA) is 148 Å². The zero-order valence-corrected chi connectivity index (χ0v) is 17.6. The lowest BCUT2D eigenvalue weighted by Crippen LogP contribution is -2.56. The standard InChI is InChI=1S/C21H34N4O4/c1-12(2)18(20(23)28)25-21(29)19(13(3)4)24-17(27)11-15(26)10-16(22)14-8-6-5-7-9-14/h5-9,12-13,15-16,18-19,26H,10-11,22H2,1-4H3,(H2,23,28)(H,24,27)(H,25,29)/t15?,16?,18-,19-/m0/s1. The van der Waals surface area contributed by atoms with Gasteiger partial charge in [0.1, 0.15) is 12.1 Å². The molecule has 4 atom stereocenters. The Bertz CT molecular complexity index is 679. The molecule has 1 aromatic carbocycles. The smallest absolute Gasteiger partial charge is 0.243 e. The minimum absolute atomic E-state index is 0.179. The lowest BCUT2D eigenvalue weighted by molar-refractivity contribution is -0.133. The van der Waals surface area contributed by atoms with Crippen molar-refractivity contribution >= 4 is 17.7 Å². The van der Waals surface area contributed by atoms with Crippen LogP contribution < -0.4 is 22.1 Å².